The number of aromatic nitrogens is 2. The lowest BCUT2D eigenvalue weighted by molar-refractivity contribution is 0.242. The second-order valence-electron chi connectivity index (χ2n) is 4.30. The summed E-state index contributed by atoms with van der Waals surface area (Å²) in [6.07, 6.45) is 6.17. The Kier molecular flexibility index (Phi) is 4.94. The third-order valence-electron chi connectivity index (χ3n) is 2.76. The van der Waals surface area contributed by atoms with Gasteiger partial charge in [0.05, 0.1) is 11.9 Å². The van der Waals surface area contributed by atoms with Gasteiger partial charge in [0.25, 0.3) is 0 Å². The Bertz CT molecular complexity index is 562. The van der Waals surface area contributed by atoms with Crippen LogP contribution in [0.25, 0.3) is 5.69 Å². The number of nitrogens with one attached hydrogen (secondary N) is 2. The molecule has 1 heterocycles. The Morgan fingerprint density at radius 3 is 2.85 bits per heavy atom. The summed E-state index contributed by atoms with van der Waals surface area (Å²) in [5, 5.41) is 9.75. The van der Waals surface area contributed by atoms with Crippen molar-refractivity contribution in [3.05, 3.63) is 60.9 Å². The molecule has 1 aromatic heterocycles. The van der Waals surface area contributed by atoms with Gasteiger partial charge in [-0.2, -0.15) is 5.10 Å². The predicted molar refractivity (Wildman–Crippen MR) is 78.9 cm³/mol. The van der Waals surface area contributed by atoms with Crippen LogP contribution in [-0.4, -0.2) is 28.9 Å². The van der Waals surface area contributed by atoms with Crippen molar-refractivity contribution in [2.24, 2.45) is 0 Å². The molecule has 0 saturated heterocycles. The quantitative estimate of drug-likeness (QED) is 0.788. The van der Waals surface area contributed by atoms with E-state index >= 15 is 0 Å². The molecule has 1 aromatic carbocycles. The van der Waals surface area contributed by atoms with Gasteiger partial charge in [0.15, 0.2) is 0 Å². The van der Waals surface area contributed by atoms with E-state index < -0.39 is 0 Å². The summed E-state index contributed by atoms with van der Waals surface area (Å²) < 4.78 is 1.83. The average Bonchev–Trinajstić information content (AvgIpc) is 2.95. The average molecular weight is 270 g/mol. The monoisotopic (exact) mass is 270 g/mol. The van der Waals surface area contributed by atoms with Crippen molar-refractivity contribution in [2.45, 2.75) is 6.42 Å². The Morgan fingerprint density at radius 2 is 2.10 bits per heavy atom. The van der Waals surface area contributed by atoms with E-state index in [0.29, 0.717) is 13.1 Å². The van der Waals surface area contributed by atoms with Gasteiger partial charge in [-0.15, -0.1) is 6.58 Å². The molecule has 2 aromatic rings. The number of nitrogens with zero attached hydrogens (tertiary/aromatic N) is 2. The number of urea groups is 1. The number of carbonyl (C=O) groups excluding carboxylic acids is 1. The molecule has 0 aliphatic rings. The lowest BCUT2D eigenvalue weighted by atomic mass is 10.2. The number of para-hydroxylation sites is 1. The summed E-state index contributed by atoms with van der Waals surface area (Å²) in [5.41, 5.74) is 2.10. The summed E-state index contributed by atoms with van der Waals surface area (Å²) in [6.45, 7) is 4.58. The molecule has 5 nitrogen and oxygen atoms in total. The molecule has 104 valence electrons. The van der Waals surface area contributed by atoms with Crippen molar-refractivity contribution in [1.29, 1.82) is 0 Å². The molecule has 2 amide bonds. The fraction of sp³-hybridized carbons (Fsp3) is 0.200. The minimum absolute atomic E-state index is 0.180. The van der Waals surface area contributed by atoms with Crippen molar-refractivity contribution in [2.75, 3.05) is 13.1 Å². The summed E-state index contributed by atoms with van der Waals surface area (Å²) in [4.78, 5) is 11.3. The third-order valence-corrected chi connectivity index (χ3v) is 2.76. The fourth-order valence-electron chi connectivity index (χ4n) is 1.76. The van der Waals surface area contributed by atoms with Crippen LogP contribution in [0.1, 0.15) is 5.56 Å². The van der Waals surface area contributed by atoms with Gasteiger partial charge in [-0.1, -0.05) is 24.3 Å². The summed E-state index contributed by atoms with van der Waals surface area (Å²) in [5.74, 6) is 0. The van der Waals surface area contributed by atoms with Crippen LogP contribution in [0.2, 0.25) is 0 Å². The van der Waals surface area contributed by atoms with Crippen molar-refractivity contribution in [1.82, 2.24) is 20.4 Å². The molecule has 0 aliphatic heterocycles. The highest BCUT2D eigenvalue weighted by Crippen LogP contribution is 2.07. The van der Waals surface area contributed by atoms with E-state index in [9.17, 15) is 4.79 Å². The molecule has 0 fully saturated rings. The van der Waals surface area contributed by atoms with Crippen molar-refractivity contribution in [3.63, 3.8) is 0 Å². The number of hydrogen-bond donors (Lipinski definition) is 2. The summed E-state index contributed by atoms with van der Waals surface area (Å²) in [6, 6.07) is 9.74. The summed E-state index contributed by atoms with van der Waals surface area (Å²) >= 11 is 0. The molecular weight excluding hydrogens is 252 g/mol. The van der Waals surface area contributed by atoms with Gasteiger partial charge in [0.1, 0.15) is 0 Å². The maximum Gasteiger partial charge on any atom is 0.315 e. The first-order valence-corrected chi connectivity index (χ1v) is 6.51. The molecule has 5 heteroatoms. The fourth-order valence-corrected chi connectivity index (χ4v) is 1.76. The Balaban J connectivity index is 1.82. The van der Waals surface area contributed by atoms with Gasteiger partial charge in [-0.25, -0.2) is 9.48 Å². The lowest BCUT2D eigenvalue weighted by Gasteiger charge is -2.04. The molecule has 0 radical (unpaired) electrons. The van der Waals surface area contributed by atoms with Gasteiger partial charge < -0.3 is 10.6 Å². The van der Waals surface area contributed by atoms with E-state index in [2.05, 4.69) is 22.3 Å². The number of hydrogen-bond acceptors (Lipinski definition) is 2. The van der Waals surface area contributed by atoms with E-state index in [1.807, 2.05) is 47.4 Å². The van der Waals surface area contributed by atoms with Crippen LogP contribution < -0.4 is 10.6 Å². The first-order valence-electron chi connectivity index (χ1n) is 6.51. The number of benzene rings is 1. The van der Waals surface area contributed by atoms with E-state index in [1.165, 1.54) is 0 Å². The minimum atomic E-state index is -0.180. The highest BCUT2D eigenvalue weighted by molar-refractivity contribution is 5.73. The Hall–Kier alpha value is -2.56. The molecule has 0 bridgehead atoms. The standard InChI is InChI=1S/C15H18N4O/c1-2-9-16-15(20)17-10-8-13-11-18-19(12-13)14-6-4-3-5-7-14/h2-7,11-12H,1,8-10H2,(H2,16,17,20). The third kappa shape index (κ3) is 3.98. The van der Waals surface area contributed by atoms with E-state index in [1.54, 1.807) is 6.08 Å². The molecular formula is C15H18N4O. The molecule has 2 rings (SSSR count). The van der Waals surface area contributed by atoms with E-state index in [4.69, 9.17) is 0 Å². The number of carbonyl (C=O) groups is 1. The zero-order valence-corrected chi connectivity index (χ0v) is 11.2. The van der Waals surface area contributed by atoms with Crippen LogP contribution in [0.4, 0.5) is 4.79 Å². The molecule has 0 atom stereocenters. The zero-order chi connectivity index (χ0) is 14.2. The second-order valence-corrected chi connectivity index (χ2v) is 4.30. The SMILES string of the molecule is C=CCNC(=O)NCCc1cnn(-c2ccccc2)c1. The van der Waals surface area contributed by atoms with Crippen LogP contribution in [0, 0.1) is 0 Å². The highest BCUT2D eigenvalue weighted by Gasteiger charge is 2.02. The number of rotatable bonds is 6. The van der Waals surface area contributed by atoms with Gasteiger partial charge in [0.2, 0.25) is 0 Å². The maximum absolute atomic E-state index is 11.3. The summed E-state index contributed by atoms with van der Waals surface area (Å²) in [7, 11) is 0. The Morgan fingerprint density at radius 1 is 1.30 bits per heavy atom. The van der Waals surface area contributed by atoms with Crippen LogP contribution in [-0.2, 0) is 6.42 Å². The van der Waals surface area contributed by atoms with Gasteiger partial charge in [0, 0.05) is 19.3 Å². The largest absolute Gasteiger partial charge is 0.338 e. The highest BCUT2D eigenvalue weighted by atomic mass is 16.2. The number of amides is 2. The first-order chi connectivity index (χ1) is 9.79. The van der Waals surface area contributed by atoms with Crippen LogP contribution in [0.15, 0.2) is 55.4 Å². The molecule has 20 heavy (non-hydrogen) atoms. The van der Waals surface area contributed by atoms with Crippen molar-refractivity contribution < 1.29 is 4.79 Å². The minimum Gasteiger partial charge on any atom is -0.338 e. The van der Waals surface area contributed by atoms with Gasteiger partial charge in [-0.3, -0.25) is 0 Å². The molecule has 0 unspecified atom stereocenters. The van der Waals surface area contributed by atoms with Gasteiger partial charge >= 0.3 is 6.03 Å². The molecule has 0 spiro atoms. The smallest absolute Gasteiger partial charge is 0.315 e. The normalized spacial score (nSPS) is 10.0. The maximum atomic E-state index is 11.3. The predicted octanol–water partition coefficient (Wildman–Crippen LogP) is 1.90. The molecule has 0 saturated carbocycles. The van der Waals surface area contributed by atoms with Crippen LogP contribution in [0.5, 0.6) is 0 Å². The topological polar surface area (TPSA) is 59.0 Å². The van der Waals surface area contributed by atoms with Gasteiger partial charge in [-0.05, 0) is 24.1 Å². The lowest BCUT2D eigenvalue weighted by Crippen LogP contribution is -2.36. The van der Waals surface area contributed by atoms with Crippen LogP contribution in [0.3, 0.4) is 0 Å². The molecule has 0 aliphatic carbocycles. The van der Waals surface area contributed by atoms with E-state index in [0.717, 1.165) is 17.7 Å². The second kappa shape index (κ2) is 7.13. The molecule has 2 N–H and O–H groups in total. The first kappa shape index (κ1) is 13.9. The zero-order valence-electron chi connectivity index (χ0n) is 11.2. The Labute approximate surface area is 118 Å². The van der Waals surface area contributed by atoms with E-state index in [-0.39, 0.29) is 6.03 Å². The van der Waals surface area contributed by atoms with Crippen molar-refractivity contribution >= 4 is 6.03 Å². The van der Waals surface area contributed by atoms with Crippen molar-refractivity contribution in [3.8, 4) is 5.69 Å². The van der Waals surface area contributed by atoms with Crippen LogP contribution >= 0.6 is 0 Å².